The third-order valence-electron chi connectivity index (χ3n) is 4.18. The number of hydrogen-bond donors (Lipinski definition) is 1. The molecular weight excluding hydrogens is 304 g/mol. The normalized spacial score (nSPS) is 17.1. The molecule has 1 aromatic rings. The molecule has 104 valence electrons. The molecule has 0 spiro atoms. The fourth-order valence-corrected chi connectivity index (χ4v) is 2.83. The van der Waals surface area contributed by atoms with Gasteiger partial charge in [0.15, 0.2) is 0 Å². The first-order chi connectivity index (χ1) is 9.07. The van der Waals surface area contributed by atoms with E-state index >= 15 is 0 Å². The van der Waals surface area contributed by atoms with Gasteiger partial charge in [0.2, 0.25) is 0 Å². The Morgan fingerprint density at radius 1 is 1.32 bits per heavy atom. The van der Waals surface area contributed by atoms with E-state index in [0.29, 0.717) is 0 Å². The number of nitrogens with zero attached hydrogens (tertiary/aromatic N) is 1. The molecule has 0 aliphatic heterocycles. The maximum atomic E-state index is 12.1. The third-order valence-corrected chi connectivity index (χ3v) is 4.83. The maximum Gasteiger partial charge on any atom is 0.251 e. The molecule has 0 unspecified atom stereocenters. The standard InChI is InChI=1S/C15H21BrN2O/c1-18(2)15(8-3-9-15)11-17-14(19)13-6-4-12(10-16)5-7-13/h4-7H,3,8-11H2,1-2H3,(H,17,19). The van der Waals surface area contributed by atoms with Crippen LogP contribution in [0.1, 0.15) is 35.2 Å². The van der Waals surface area contributed by atoms with E-state index in [1.165, 1.54) is 24.8 Å². The summed E-state index contributed by atoms with van der Waals surface area (Å²) in [7, 11) is 4.19. The number of benzene rings is 1. The summed E-state index contributed by atoms with van der Waals surface area (Å²) in [6, 6.07) is 7.73. The van der Waals surface area contributed by atoms with E-state index < -0.39 is 0 Å². The Bertz CT molecular complexity index is 438. The molecule has 0 radical (unpaired) electrons. The number of alkyl halides is 1. The van der Waals surface area contributed by atoms with Crippen molar-refractivity contribution >= 4 is 21.8 Å². The van der Waals surface area contributed by atoms with Gasteiger partial charge in [0.1, 0.15) is 0 Å². The lowest BCUT2D eigenvalue weighted by molar-refractivity contribution is 0.0557. The second kappa shape index (κ2) is 6.06. The summed E-state index contributed by atoms with van der Waals surface area (Å²) in [5.74, 6) is 0.0225. The maximum absolute atomic E-state index is 12.1. The van der Waals surface area contributed by atoms with Crippen LogP contribution < -0.4 is 5.32 Å². The van der Waals surface area contributed by atoms with Gasteiger partial charge in [-0.2, -0.15) is 0 Å². The first-order valence-electron chi connectivity index (χ1n) is 6.68. The highest BCUT2D eigenvalue weighted by atomic mass is 79.9. The quantitative estimate of drug-likeness (QED) is 0.845. The van der Waals surface area contributed by atoms with E-state index in [1.54, 1.807) is 0 Å². The van der Waals surface area contributed by atoms with Crippen LogP contribution in [0.15, 0.2) is 24.3 Å². The number of likely N-dealkylation sites (N-methyl/N-ethyl adjacent to an activating group) is 1. The zero-order valence-electron chi connectivity index (χ0n) is 11.6. The van der Waals surface area contributed by atoms with Gasteiger partial charge in [-0.1, -0.05) is 28.1 Å². The molecule has 4 heteroatoms. The van der Waals surface area contributed by atoms with Gasteiger partial charge in [-0.25, -0.2) is 0 Å². The van der Waals surface area contributed by atoms with Crippen LogP contribution in [0.5, 0.6) is 0 Å². The highest BCUT2D eigenvalue weighted by molar-refractivity contribution is 9.08. The first-order valence-corrected chi connectivity index (χ1v) is 7.80. The SMILES string of the molecule is CN(C)C1(CNC(=O)c2ccc(CBr)cc2)CCC1. The lowest BCUT2D eigenvalue weighted by atomic mass is 9.75. The molecule has 1 saturated carbocycles. The zero-order valence-corrected chi connectivity index (χ0v) is 13.2. The lowest BCUT2D eigenvalue weighted by Gasteiger charge is -2.47. The molecule has 1 N–H and O–H groups in total. The number of carbonyl (C=O) groups is 1. The second-order valence-electron chi connectivity index (χ2n) is 5.49. The Kier molecular flexibility index (Phi) is 4.63. The minimum absolute atomic E-state index is 0.0225. The van der Waals surface area contributed by atoms with Crippen LogP contribution in [-0.2, 0) is 5.33 Å². The summed E-state index contributed by atoms with van der Waals surface area (Å²) in [5, 5.41) is 3.89. The summed E-state index contributed by atoms with van der Waals surface area (Å²) >= 11 is 3.40. The number of halogens is 1. The summed E-state index contributed by atoms with van der Waals surface area (Å²) in [4.78, 5) is 14.4. The Morgan fingerprint density at radius 3 is 2.37 bits per heavy atom. The van der Waals surface area contributed by atoms with Gasteiger partial charge in [0.25, 0.3) is 5.91 Å². The van der Waals surface area contributed by atoms with Crippen LogP contribution in [0.4, 0.5) is 0 Å². The highest BCUT2D eigenvalue weighted by Gasteiger charge is 2.39. The zero-order chi connectivity index (χ0) is 13.9. The van der Waals surface area contributed by atoms with Crippen molar-refractivity contribution in [3.8, 4) is 0 Å². The number of hydrogen-bond acceptors (Lipinski definition) is 2. The molecule has 1 aromatic carbocycles. The minimum Gasteiger partial charge on any atom is -0.350 e. The molecule has 19 heavy (non-hydrogen) atoms. The molecule has 1 aliphatic carbocycles. The molecule has 0 aromatic heterocycles. The van der Waals surface area contributed by atoms with Gasteiger partial charge >= 0.3 is 0 Å². The van der Waals surface area contributed by atoms with E-state index in [-0.39, 0.29) is 11.4 Å². The van der Waals surface area contributed by atoms with Gasteiger partial charge < -0.3 is 10.2 Å². The molecule has 1 fully saturated rings. The largest absolute Gasteiger partial charge is 0.350 e. The van der Waals surface area contributed by atoms with Crippen molar-refractivity contribution < 1.29 is 4.79 Å². The van der Waals surface area contributed by atoms with Crippen LogP contribution in [0.25, 0.3) is 0 Å². The molecule has 2 rings (SSSR count). The predicted molar refractivity (Wildman–Crippen MR) is 81.7 cm³/mol. The van der Waals surface area contributed by atoms with Crippen molar-refractivity contribution in [2.75, 3.05) is 20.6 Å². The van der Waals surface area contributed by atoms with E-state index in [4.69, 9.17) is 0 Å². The molecule has 0 bridgehead atoms. The summed E-state index contributed by atoms with van der Waals surface area (Å²) < 4.78 is 0. The third kappa shape index (κ3) is 3.18. The van der Waals surface area contributed by atoms with Crippen molar-refractivity contribution in [3.63, 3.8) is 0 Å². The molecule has 1 amide bonds. The Balaban J connectivity index is 1.93. The van der Waals surface area contributed by atoms with Crippen molar-refractivity contribution in [3.05, 3.63) is 35.4 Å². The van der Waals surface area contributed by atoms with E-state index in [9.17, 15) is 4.79 Å². The van der Waals surface area contributed by atoms with E-state index in [1.807, 2.05) is 24.3 Å². The number of nitrogens with one attached hydrogen (secondary N) is 1. The predicted octanol–water partition coefficient (Wildman–Crippen LogP) is 2.80. The topological polar surface area (TPSA) is 32.3 Å². The van der Waals surface area contributed by atoms with Gasteiger partial charge in [-0.05, 0) is 51.1 Å². The van der Waals surface area contributed by atoms with Gasteiger partial charge in [0, 0.05) is 23.0 Å². The van der Waals surface area contributed by atoms with E-state index in [2.05, 4.69) is 40.2 Å². The first kappa shape index (κ1) is 14.5. The summed E-state index contributed by atoms with van der Waals surface area (Å²) in [6.07, 6.45) is 3.60. The van der Waals surface area contributed by atoms with Crippen LogP contribution in [0.3, 0.4) is 0 Å². The highest BCUT2D eigenvalue weighted by Crippen LogP contribution is 2.35. The van der Waals surface area contributed by atoms with Gasteiger partial charge in [-0.3, -0.25) is 4.79 Å². The molecule has 0 heterocycles. The van der Waals surface area contributed by atoms with Crippen molar-refractivity contribution in [1.82, 2.24) is 10.2 Å². The molecule has 0 atom stereocenters. The Morgan fingerprint density at radius 2 is 1.95 bits per heavy atom. The smallest absolute Gasteiger partial charge is 0.251 e. The lowest BCUT2D eigenvalue weighted by Crippen LogP contribution is -2.57. The van der Waals surface area contributed by atoms with E-state index in [0.717, 1.165) is 17.4 Å². The minimum atomic E-state index is 0.0225. The molecule has 3 nitrogen and oxygen atoms in total. The summed E-state index contributed by atoms with van der Waals surface area (Å²) in [5.41, 5.74) is 2.09. The average Bonchev–Trinajstić information content (AvgIpc) is 2.37. The van der Waals surface area contributed by atoms with Crippen LogP contribution in [-0.4, -0.2) is 37.0 Å². The fourth-order valence-electron chi connectivity index (χ4n) is 2.46. The van der Waals surface area contributed by atoms with Crippen LogP contribution in [0.2, 0.25) is 0 Å². The molecule has 1 aliphatic rings. The monoisotopic (exact) mass is 324 g/mol. The van der Waals surface area contributed by atoms with Crippen LogP contribution in [0, 0.1) is 0 Å². The van der Waals surface area contributed by atoms with Crippen molar-refractivity contribution in [2.45, 2.75) is 30.1 Å². The van der Waals surface area contributed by atoms with Crippen LogP contribution >= 0.6 is 15.9 Å². The Labute approximate surface area is 123 Å². The van der Waals surface area contributed by atoms with Gasteiger partial charge in [-0.15, -0.1) is 0 Å². The Hall–Kier alpha value is -0.870. The molecular formula is C15H21BrN2O. The van der Waals surface area contributed by atoms with Crippen molar-refractivity contribution in [2.24, 2.45) is 0 Å². The summed E-state index contributed by atoms with van der Waals surface area (Å²) in [6.45, 7) is 0.735. The number of carbonyl (C=O) groups excluding carboxylic acids is 1. The second-order valence-corrected chi connectivity index (χ2v) is 6.05. The van der Waals surface area contributed by atoms with Crippen molar-refractivity contribution in [1.29, 1.82) is 0 Å². The molecule has 0 saturated heterocycles. The van der Waals surface area contributed by atoms with Gasteiger partial charge in [0.05, 0.1) is 0 Å². The average molecular weight is 325 g/mol. The number of rotatable bonds is 5. The number of amides is 1. The fraction of sp³-hybridized carbons (Fsp3) is 0.533.